The molecule has 0 radical (unpaired) electrons. The van der Waals surface area contributed by atoms with Gasteiger partial charge in [-0.25, -0.2) is 4.98 Å². The highest BCUT2D eigenvalue weighted by molar-refractivity contribution is 5.48. The van der Waals surface area contributed by atoms with Gasteiger partial charge >= 0.3 is 0 Å². The van der Waals surface area contributed by atoms with Crippen molar-refractivity contribution in [2.24, 2.45) is 0 Å². The fourth-order valence-electron chi connectivity index (χ4n) is 2.92. The average molecular weight is 297 g/mol. The van der Waals surface area contributed by atoms with E-state index in [0.29, 0.717) is 12.0 Å². The van der Waals surface area contributed by atoms with Gasteiger partial charge in [-0.05, 0) is 25.3 Å². The standard InChI is InChI=1S/C17H23N5/c1-13-11-20-17(18)21-16(13)22-9-7-15(8-10-22)19-12-14-5-3-2-4-6-14/h2-6,11,15,19H,7-10,12H2,1H3,(H2,18,20,21). The predicted octanol–water partition coefficient (Wildman–Crippen LogP) is 2.13. The quantitative estimate of drug-likeness (QED) is 0.905. The van der Waals surface area contributed by atoms with Crippen LogP contribution in [0.3, 0.4) is 0 Å². The summed E-state index contributed by atoms with van der Waals surface area (Å²) in [5.74, 6) is 1.33. The molecule has 3 N–H and O–H groups in total. The molecule has 1 aliphatic rings. The number of nitrogens with zero attached hydrogens (tertiary/aromatic N) is 3. The van der Waals surface area contributed by atoms with Crippen molar-refractivity contribution in [2.75, 3.05) is 23.7 Å². The molecule has 0 bridgehead atoms. The first-order valence-electron chi connectivity index (χ1n) is 7.84. The van der Waals surface area contributed by atoms with E-state index in [1.165, 1.54) is 5.56 Å². The number of hydrogen-bond donors (Lipinski definition) is 2. The maximum atomic E-state index is 5.71. The maximum absolute atomic E-state index is 5.71. The van der Waals surface area contributed by atoms with Gasteiger partial charge in [-0.15, -0.1) is 0 Å². The lowest BCUT2D eigenvalue weighted by molar-refractivity contribution is 0.412. The van der Waals surface area contributed by atoms with Crippen LogP contribution < -0.4 is 16.0 Å². The molecule has 0 spiro atoms. The second-order valence-corrected chi connectivity index (χ2v) is 5.86. The van der Waals surface area contributed by atoms with Crippen molar-refractivity contribution in [1.82, 2.24) is 15.3 Å². The highest BCUT2D eigenvalue weighted by atomic mass is 15.2. The summed E-state index contributed by atoms with van der Waals surface area (Å²) in [4.78, 5) is 10.7. The van der Waals surface area contributed by atoms with Crippen molar-refractivity contribution in [1.29, 1.82) is 0 Å². The predicted molar refractivity (Wildman–Crippen MR) is 89.7 cm³/mol. The van der Waals surface area contributed by atoms with Crippen molar-refractivity contribution >= 4 is 11.8 Å². The summed E-state index contributed by atoms with van der Waals surface area (Å²) in [5, 5.41) is 3.65. The Bertz CT molecular complexity index is 606. The summed E-state index contributed by atoms with van der Waals surface area (Å²) < 4.78 is 0. The molecule has 0 aliphatic carbocycles. The van der Waals surface area contributed by atoms with E-state index in [9.17, 15) is 0 Å². The molecule has 1 fully saturated rings. The SMILES string of the molecule is Cc1cnc(N)nc1N1CCC(NCc2ccccc2)CC1. The number of nitrogens with one attached hydrogen (secondary N) is 1. The number of anilines is 2. The zero-order valence-corrected chi connectivity index (χ0v) is 13.0. The lowest BCUT2D eigenvalue weighted by Gasteiger charge is -2.34. The van der Waals surface area contributed by atoms with Crippen molar-refractivity contribution in [3.8, 4) is 0 Å². The van der Waals surface area contributed by atoms with E-state index in [1.807, 2.05) is 6.92 Å². The average Bonchev–Trinajstić information content (AvgIpc) is 2.57. The number of aryl methyl sites for hydroxylation is 1. The molecular weight excluding hydrogens is 274 g/mol. The van der Waals surface area contributed by atoms with Crippen LogP contribution in [0.4, 0.5) is 11.8 Å². The molecule has 116 valence electrons. The van der Waals surface area contributed by atoms with E-state index in [2.05, 4.69) is 50.5 Å². The molecule has 1 aromatic heterocycles. The van der Waals surface area contributed by atoms with E-state index in [-0.39, 0.29) is 0 Å². The van der Waals surface area contributed by atoms with Crippen LogP contribution in [0.25, 0.3) is 0 Å². The van der Waals surface area contributed by atoms with Crippen LogP contribution in [0.5, 0.6) is 0 Å². The normalized spacial score (nSPS) is 16.0. The van der Waals surface area contributed by atoms with Crippen LogP contribution >= 0.6 is 0 Å². The molecule has 0 saturated carbocycles. The molecule has 0 atom stereocenters. The van der Waals surface area contributed by atoms with Gasteiger partial charge in [0.05, 0.1) is 0 Å². The zero-order valence-electron chi connectivity index (χ0n) is 13.0. The van der Waals surface area contributed by atoms with Gasteiger partial charge in [0.15, 0.2) is 0 Å². The Morgan fingerprint density at radius 2 is 1.95 bits per heavy atom. The third-order valence-corrected chi connectivity index (χ3v) is 4.20. The van der Waals surface area contributed by atoms with Gasteiger partial charge in [0.2, 0.25) is 5.95 Å². The Morgan fingerprint density at radius 1 is 1.23 bits per heavy atom. The van der Waals surface area contributed by atoms with Gasteiger partial charge in [0.1, 0.15) is 5.82 Å². The minimum absolute atomic E-state index is 0.352. The molecule has 2 aromatic rings. The number of nitrogen functional groups attached to an aromatic ring is 1. The Hall–Kier alpha value is -2.14. The van der Waals surface area contributed by atoms with Crippen molar-refractivity contribution in [2.45, 2.75) is 32.4 Å². The minimum atomic E-state index is 0.352. The summed E-state index contributed by atoms with van der Waals surface area (Å²) in [6.07, 6.45) is 4.05. The van der Waals surface area contributed by atoms with Crippen LogP contribution in [-0.4, -0.2) is 29.1 Å². The number of rotatable bonds is 4. The first-order chi connectivity index (χ1) is 10.7. The van der Waals surface area contributed by atoms with Crippen molar-refractivity contribution < 1.29 is 0 Å². The number of hydrogen-bond acceptors (Lipinski definition) is 5. The van der Waals surface area contributed by atoms with E-state index in [1.54, 1.807) is 6.20 Å². The fraction of sp³-hybridized carbons (Fsp3) is 0.412. The molecule has 2 heterocycles. The molecule has 5 heteroatoms. The second kappa shape index (κ2) is 6.75. The van der Waals surface area contributed by atoms with E-state index in [0.717, 1.165) is 43.9 Å². The lowest BCUT2D eigenvalue weighted by atomic mass is 10.0. The zero-order chi connectivity index (χ0) is 15.4. The van der Waals surface area contributed by atoms with Crippen molar-refractivity contribution in [3.05, 3.63) is 47.7 Å². The minimum Gasteiger partial charge on any atom is -0.368 e. The summed E-state index contributed by atoms with van der Waals surface area (Å²) in [7, 11) is 0. The number of benzene rings is 1. The van der Waals surface area contributed by atoms with Crippen LogP contribution in [0.2, 0.25) is 0 Å². The van der Waals surface area contributed by atoms with E-state index < -0.39 is 0 Å². The molecule has 0 unspecified atom stereocenters. The molecule has 5 nitrogen and oxygen atoms in total. The Morgan fingerprint density at radius 3 is 2.68 bits per heavy atom. The molecular formula is C17H23N5. The topological polar surface area (TPSA) is 67.1 Å². The highest BCUT2D eigenvalue weighted by Crippen LogP contribution is 2.21. The first-order valence-corrected chi connectivity index (χ1v) is 7.84. The molecule has 1 aromatic carbocycles. The van der Waals surface area contributed by atoms with Crippen LogP contribution in [0, 0.1) is 6.92 Å². The molecule has 0 amide bonds. The van der Waals surface area contributed by atoms with Crippen LogP contribution in [0.15, 0.2) is 36.5 Å². The Balaban J connectivity index is 1.53. The van der Waals surface area contributed by atoms with Gasteiger partial charge in [0.25, 0.3) is 0 Å². The maximum Gasteiger partial charge on any atom is 0.221 e. The number of piperidine rings is 1. The summed E-state index contributed by atoms with van der Waals surface area (Å²) in [6, 6.07) is 11.1. The fourth-order valence-corrected chi connectivity index (χ4v) is 2.92. The summed E-state index contributed by atoms with van der Waals surface area (Å²) in [6.45, 7) is 4.98. The second-order valence-electron chi connectivity index (χ2n) is 5.86. The van der Waals surface area contributed by atoms with Gasteiger partial charge in [-0.2, -0.15) is 4.98 Å². The van der Waals surface area contributed by atoms with Gasteiger partial charge in [-0.3, -0.25) is 0 Å². The Kier molecular flexibility index (Phi) is 4.53. The molecule has 22 heavy (non-hydrogen) atoms. The molecule has 3 rings (SSSR count). The number of aromatic nitrogens is 2. The van der Waals surface area contributed by atoms with Crippen molar-refractivity contribution in [3.63, 3.8) is 0 Å². The smallest absolute Gasteiger partial charge is 0.221 e. The number of nitrogens with two attached hydrogens (primary N) is 1. The van der Waals surface area contributed by atoms with Crippen LogP contribution in [-0.2, 0) is 6.54 Å². The summed E-state index contributed by atoms with van der Waals surface area (Å²) in [5.41, 5.74) is 8.14. The van der Waals surface area contributed by atoms with E-state index >= 15 is 0 Å². The van der Waals surface area contributed by atoms with Gasteiger partial charge in [0, 0.05) is 37.4 Å². The van der Waals surface area contributed by atoms with Gasteiger partial charge in [-0.1, -0.05) is 30.3 Å². The molecule has 1 aliphatic heterocycles. The first kappa shape index (κ1) is 14.8. The third-order valence-electron chi connectivity index (χ3n) is 4.20. The van der Waals surface area contributed by atoms with E-state index in [4.69, 9.17) is 5.73 Å². The largest absolute Gasteiger partial charge is 0.368 e. The molecule has 1 saturated heterocycles. The lowest BCUT2D eigenvalue weighted by Crippen LogP contribution is -2.42. The monoisotopic (exact) mass is 297 g/mol. The third kappa shape index (κ3) is 3.54. The summed E-state index contributed by atoms with van der Waals surface area (Å²) >= 11 is 0. The van der Waals surface area contributed by atoms with Gasteiger partial charge < -0.3 is 16.0 Å². The Labute approximate surface area is 131 Å². The highest BCUT2D eigenvalue weighted by Gasteiger charge is 2.21. The van der Waals surface area contributed by atoms with Crippen LogP contribution in [0.1, 0.15) is 24.0 Å².